The van der Waals surface area contributed by atoms with Crippen LogP contribution in [0.15, 0.2) is 60.0 Å². The fraction of sp³-hybridized carbons (Fsp3) is 0.269. The number of hydrogen-bond donors (Lipinski definition) is 1. The second-order valence-corrected chi connectivity index (χ2v) is 9.19. The number of thiophene rings is 1. The molecule has 34 heavy (non-hydrogen) atoms. The molecule has 1 atom stereocenters. The Morgan fingerprint density at radius 3 is 2.65 bits per heavy atom. The highest BCUT2D eigenvalue weighted by molar-refractivity contribution is 7.10. The summed E-state index contributed by atoms with van der Waals surface area (Å²) in [5, 5.41) is 11.7. The van der Waals surface area contributed by atoms with Crippen LogP contribution in [0.5, 0.6) is 0 Å². The maximum atomic E-state index is 13.5. The molecule has 3 aromatic rings. The minimum atomic E-state index is -1.11. The van der Waals surface area contributed by atoms with Gasteiger partial charge >= 0.3 is 12.1 Å². The molecular formula is C26H24FNO5S. The van der Waals surface area contributed by atoms with Crippen LogP contribution in [0.2, 0.25) is 0 Å². The van der Waals surface area contributed by atoms with Crippen molar-refractivity contribution in [1.29, 1.82) is 0 Å². The van der Waals surface area contributed by atoms with E-state index in [1.807, 2.05) is 30.3 Å². The molecule has 1 aromatic heterocycles. The molecule has 1 unspecified atom stereocenters. The van der Waals surface area contributed by atoms with Crippen LogP contribution in [0.3, 0.4) is 0 Å². The van der Waals surface area contributed by atoms with Crippen molar-refractivity contribution in [1.82, 2.24) is 4.90 Å². The summed E-state index contributed by atoms with van der Waals surface area (Å²) in [5.74, 6) is -2.14. The molecule has 1 aliphatic rings. The van der Waals surface area contributed by atoms with Crippen molar-refractivity contribution in [3.05, 3.63) is 92.9 Å². The summed E-state index contributed by atoms with van der Waals surface area (Å²) in [6, 6.07) is 14.8. The summed E-state index contributed by atoms with van der Waals surface area (Å²) in [6.45, 7) is 1.06. The van der Waals surface area contributed by atoms with Crippen LogP contribution in [0.1, 0.15) is 55.5 Å². The normalized spacial score (nSPS) is 15.7. The van der Waals surface area contributed by atoms with E-state index in [0.29, 0.717) is 23.5 Å². The highest BCUT2D eigenvalue weighted by atomic mass is 32.1. The molecule has 2 heterocycles. The molecule has 0 radical (unpaired) electrons. The number of carboxylic acid groups (broad SMARTS) is 1. The zero-order valence-electron chi connectivity index (χ0n) is 18.4. The van der Waals surface area contributed by atoms with E-state index in [4.69, 9.17) is 4.74 Å². The average Bonchev–Trinajstić information content (AvgIpc) is 3.27. The Hall–Kier alpha value is -3.52. The van der Waals surface area contributed by atoms with Gasteiger partial charge in [0.05, 0.1) is 5.56 Å². The summed E-state index contributed by atoms with van der Waals surface area (Å²) in [7, 11) is 0. The number of nitrogens with zero attached hydrogens (tertiary/aromatic N) is 1. The van der Waals surface area contributed by atoms with Crippen molar-refractivity contribution in [2.75, 3.05) is 13.1 Å². The summed E-state index contributed by atoms with van der Waals surface area (Å²) < 4.78 is 18.9. The zero-order valence-corrected chi connectivity index (χ0v) is 19.2. The quantitative estimate of drug-likeness (QED) is 0.449. The number of carboxylic acids is 1. The number of amides is 1. The lowest BCUT2D eigenvalue weighted by Crippen LogP contribution is -2.39. The molecule has 176 valence electrons. The number of halogens is 1. The van der Waals surface area contributed by atoms with Crippen LogP contribution in [-0.4, -0.2) is 40.9 Å². The van der Waals surface area contributed by atoms with Crippen LogP contribution < -0.4 is 0 Å². The van der Waals surface area contributed by atoms with Crippen LogP contribution >= 0.6 is 11.3 Å². The lowest BCUT2D eigenvalue weighted by molar-refractivity contribution is 0.0693. The first-order chi connectivity index (χ1) is 16.4. The highest BCUT2D eigenvalue weighted by Gasteiger charge is 2.31. The van der Waals surface area contributed by atoms with E-state index in [1.165, 1.54) is 29.5 Å². The van der Waals surface area contributed by atoms with Crippen molar-refractivity contribution in [3.63, 3.8) is 0 Å². The van der Waals surface area contributed by atoms with E-state index in [9.17, 15) is 23.9 Å². The lowest BCUT2D eigenvalue weighted by atomic mass is 9.89. The van der Waals surface area contributed by atoms with Crippen LogP contribution in [0.25, 0.3) is 0 Å². The summed E-state index contributed by atoms with van der Waals surface area (Å²) in [6.07, 6.45) is 0.904. The first-order valence-corrected chi connectivity index (χ1v) is 11.9. The molecule has 1 fully saturated rings. The van der Waals surface area contributed by atoms with Crippen LogP contribution in [0, 0.1) is 5.82 Å². The van der Waals surface area contributed by atoms with Crippen molar-refractivity contribution >= 4 is 29.2 Å². The van der Waals surface area contributed by atoms with E-state index < -0.39 is 17.9 Å². The molecule has 2 aromatic carbocycles. The van der Waals surface area contributed by atoms with Crippen molar-refractivity contribution in [2.24, 2.45) is 0 Å². The van der Waals surface area contributed by atoms with Gasteiger partial charge in [0.25, 0.3) is 0 Å². The summed E-state index contributed by atoms with van der Waals surface area (Å²) >= 11 is 1.21. The van der Waals surface area contributed by atoms with Gasteiger partial charge in [-0.2, -0.15) is 0 Å². The third-order valence-corrected chi connectivity index (χ3v) is 6.91. The standard InChI is InChI=1S/C26H24FNO5S/c27-20-10-4-8-18(12-20)22(29)13-23-24(25(30)31)21(16-34-23)19-9-5-11-28(14-19)26(32)33-15-17-6-2-1-3-7-17/h1-4,6-8,10,12,16,19H,5,9,11,13-15H2,(H,30,31). The SMILES string of the molecule is O=C(Cc1scc(C2CCCN(C(=O)OCc3ccccc3)C2)c1C(=O)O)c1cccc(F)c1. The molecule has 1 saturated heterocycles. The van der Waals surface area contributed by atoms with E-state index in [-0.39, 0.29) is 35.9 Å². The van der Waals surface area contributed by atoms with Gasteiger partial charge in [-0.05, 0) is 41.5 Å². The van der Waals surface area contributed by atoms with Gasteiger partial charge < -0.3 is 14.7 Å². The Kier molecular flexibility index (Phi) is 7.37. The first-order valence-electron chi connectivity index (χ1n) is 11.0. The molecule has 1 aliphatic heterocycles. The fourth-order valence-corrected chi connectivity index (χ4v) is 5.32. The first kappa shape index (κ1) is 23.6. The fourth-order valence-electron chi connectivity index (χ4n) is 4.20. The minimum Gasteiger partial charge on any atom is -0.478 e. The van der Waals surface area contributed by atoms with Crippen molar-refractivity contribution < 1.29 is 28.6 Å². The monoisotopic (exact) mass is 481 g/mol. The molecule has 1 N–H and O–H groups in total. The Labute approximate surface area is 200 Å². The Bertz CT molecular complexity index is 1190. The number of piperidine rings is 1. The van der Waals surface area contributed by atoms with Gasteiger partial charge in [-0.1, -0.05) is 42.5 Å². The smallest absolute Gasteiger partial charge is 0.410 e. The predicted octanol–water partition coefficient (Wildman–Crippen LogP) is 5.53. The van der Waals surface area contributed by atoms with Gasteiger partial charge in [0.2, 0.25) is 0 Å². The second-order valence-electron chi connectivity index (χ2n) is 8.23. The Morgan fingerprint density at radius 2 is 1.91 bits per heavy atom. The number of benzene rings is 2. The topological polar surface area (TPSA) is 83.9 Å². The van der Waals surface area contributed by atoms with E-state index in [1.54, 1.807) is 10.3 Å². The molecule has 1 amide bonds. The highest BCUT2D eigenvalue weighted by Crippen LogP contribution is 2.35. The average molecular weight is 482 g/mol. The number of likely N-dealkylation sites (tertiary alicyclic amines) is 1. The molecule has 0 aliphatic carbocycles. The molecule has 0 saturated carbocycles. The maximum absolute atomic E-state index is 13.5. The molecule has 0 spiro atoms. The van der Waals surface area contributed by atoms with Gasteiger partial charge in [-0.25, -0.2) is 14.0 Å². The number of carbonyl (C=O) groups excluding carboxylic acids is 2. The molecule has 8 heteroatoms. The van der Waals surface area contributed by atoms with E-state index in [0.717, 1.165) is 24.5 Å². The second kappa shape index (κ2) is 10.6. The zero-order chi connectivity index (χ0) is 24.1. The number of aromatic carboxylic acids is 1. The van der Waals surface area contributed by atoms with Crippen molar-refractivity contribution in [3.8, 4) is 0 Å². The van der Waals surface area contributed by atoms with E-state index >= 15 is 0 Å². The molecule has 6 nitrogen and oxygen atoms in total. The van der Waals surface area contributed by atoms with Gasteiger partial charge in [-0.15, -0.1) is 11.3 Å². The van der Waals surface area contributed by atoms with Gasteiger partial charge in [0.15, 0.2) is 5.78 Å². The largest absolute Gasteiger partial charge is 0.478 e. The lowest BCUT2D eigenvalue weighted by Gasteiger charge is -2.32. The van der Waals surface area contributed by atoms with Crippen LogP contribution in [0.4, 0.5) is 9.18 Å². The number of ketones is 1. The number of ether oxygens (including phenoxy) is 1. The van der Waals surface area contributed by atoms with Gasteiger partial charge in [-0.3, -0.25) is 4.79 Å². The van der Waals surface area contributed by atoms with Crippen LogP contribution in [-0.2, 0) is 17.8 Å². The van der Waals surface area contributed by atoms with E-state index in [2.05, 4.69) is 0 Å². The maximum Gasteiger partial charge on any atom is 0.410 e. The number of hydrogen-bond acceptors (Lipinski definition) is 5. The summed E-state index contributed by atoms with van der Waals surface area (Å²) in [4.78, 5) is 39.4. The van der Waals surface area contributed by atoms with Gasteiger partial charge in [0.1, 0.15) is 12.4 Å². The minimum absolute atomic E-state index is 0.110. The van der Waals surface area contributed by atoms with Crippen molar-refractivity contribution in [2.45, 2.75) is 31.8 Å². The Morgan fingerprint density at radius 1 is 1.12 bits per heavy atom. The third-order valence-electron chi connectivity index (χ3n) is 5.90. The number of rotatable bonds is 7. The molecular weight excluding hydrogens is 457 g/mol. The molecule has 4 rings (SSSR count). The summed E-state index contributed by atoms with van der Waals surface area (Å²) in [5.41, 5.74) is 1.83. The number of carbonyl (C=O) groups is 3. The van der Waals surface area contributed by atoms with Gasteiger partial charge in [0, 0.05) is 35.9 Å². The Balaban J connectivity index is 1.46. The molecule has 0 bridgehead atoms. The number of Topliss-reactive ketones (excluding diaryl/α,β-unsaturated/α-hetero) is 1. The third kappa shape index (κ3) is 5.51. The predicted molar refractivity (Wildman–Crippen MR) is 126 cm³/mol.